The summed E-state index contributed by atoms with van der Waals surface area (Å²) in [5.74, 6) is 0.890. The number of hydrogen-bond acceptors (Lipinski definition) is 4. The van der Waals surface area contributed by atoms with Crippen LogP contribution in [0, 0.1) is 20.8 Å². The molecule has 3 rings (SSSR count). The first-order chi connectivity index (χ1) is 13.8. The van der Waals surface area contributed by atoms with Gasteiger partial charge in [0.1, 0.15) is 12.4 Å². The molecular formula is C24H33ClN2O3. The summed E-state index contributed by atoms with van der Waals surface area (Å²) in [7, 11) is 1.82. The number of halogens is 1. The molecule has 2 aromatic rings. The van der Waals surface area contributed by atoms with E-state index in [0.717, 1.165) is 22.4 Å². The average Bonchev–Trinajstić information content (AvgIpc) is 2.68. The molecule has 0 bridgehead atoms. The van der Waals surface area contributed by atoms with Gasteiger partial charge in [-0.25, -0.2) is 0 Å². The Labute approximate surface area is 186 Å². The van der Waals surface area contributed by atoms with Crippen LogP contribution in [0.3, 0.4) is 0 Å². The summed E-state index contributed by atoms with van der Waals surface area (Å²) in [6, 6.07) is 12.4. The fourth-order valence-electron chi connectivity index (χ4n) is 3.96. The summed E-state index contributed by atoms with van der Waals surface area (Å²) >= 11 is 0. The van der Waals surface area contributed by atoms with E-state index in [0.29, 0.717) is 39.2 Å². The number of nitrogens with two attached hydrogens (primary N) is 1. The van der Waals surface area contributed by atoms with E-state index in [-0.39, 0.29) is 18.3 Å². The van der Waals surface area contributed by atoms with Crippen molar-refractivity contribution in [1.82, 2.24) is 4.90 Å². The highest BCUT2D eigenvalue weighted by molar-refractivity contribution is 5.86. The normalized spacial score (nSPS) is 15.2. The van der Waals surface area contributed by atoms with Crippen molar-refractivity contribution in [2.45, 2.75) is 52.3 Å². The Morgan fingerprint density at radius 3 is 2.30 bits per heavy atom. The van der Waals surface area contributed by atoms with Crippen LogP contribution < -0.4 is 10.5 Å². The standard InChI is InChI=1S/C24H32N2O3.ClH/c1-17-7-5-6-8-21(17)16-29-22-18(2)13-20(14-19(22)3)15-26(4)23(27)24(25)9-11-28-12-10-24;/h5-8,13-14H,9-12,15-16,25H2,1-4H3;1H. The lowest BCUT2D eigenvalue weighted by atomic mass is 9.89. The zero-order valence-electron chi connectivity index (χ0n) is 18.4. The number of amides is 1. The predicted molar refractivity (Wildman–Crippen MR) is 122 cm³/mol. The van der Waals surface area contributed by atoms with Gasteiger partial charge in [0, 0.05) is 26.8 Å². The first-order valence-corrected chi connectivity index (χ1v) is 10.2. The third-order valence-electron chi connectivity index (χ3n) is 5.73. The smallest absolute Gasteiger partial charge is 0.242 e. The van der Waals surface area contributed by atoms with E-state index < -0.39 is 5.54 Å². The van der Waals surface area contributed by atoms with Gasteiger partial charge in [-0.05, 0) is 61.4 Å². The highest BCUT2D eigenvalue weighted by atomic mass is 35.5. The zero-order chi connectivity index (χ0) is 21.0. The maximum Gasteiger partial charge on any atom is 0.242 e. The van der Waals surface area contributed by atoms with Crippen molar-refractivity contribution >= 4 is 18.3 Å². The largest absolute Gasteiger partial charge is 0.488 e. The molecule has 1 amide bonds. The van der Waals surface area contributed by atoms with Gasteiger partial charge in [0.05, 0.1) is 5.54 Å². The van der Waals surface area contributed by atoms with Crippen LogP contribution in [0.25, 0.3) is 0 Å². The minimum Gasteiger partial charge on any atom is -0.488 e. The van der Waals surface area contributed by atoms with Crippen molar-refractivity contribution in [3.8, 4) is 5.75 Å². The fourth-order valence-corrected chi connectivity index (χ4v) is 3.96. The zero-order valence-corrected chi connectivity index (χ0v) is 19.2. The molecule has 1 aliphatic rings. The summed E-state index contributed by atoms with van der Waals surface area (Å²) < 4.78 is 11.5. The Morgan fingerprint density at radius 1 is 1.10 bits per heavy atom. The Kier molecular flexibility index (Phi) is 8.30. The lowest BCUT2D eigenvalue weighted by molar-refractivity contribution is -0.139. The van der Waals surface area contributed by atoms with E-state index in [2.05, 4.69) is 45.0 Å². The van der Waals surface area contributed by atoms with Crippen LogP contribution in [0.5, 0.6) is 5.75 Å². The number of nitrogens with zero attached hydrogens (tertiary/aromatic N) is 1. The fraction of sp³-hybridized carbons (Fsp3) is 0.458. The number of likely N-dealkylation sites (N-methyl/N-ethyl adjacent to an activating group) is 1. The third-order valence-corrected chi connectivity index (χ3v) is 5.73. The molecule has 0 aliphatic carbocycles. The molecule has 0 radical (unpaired) electrons. The number of carbonyl (C=O) groups is 1. The summed E-state index contributed by atoms with van der Waals surface area (Å²) in [5, 5.41) is 0. The van der Waals surface area contributed by atoms with Crippen LogP contribution in [0.1, 0.15) is 40.7 Å². The molecule has 0 unspecified atom stereocenters. The number of benzene rings is 2. The molecule has 2 N–H and O–H groups in total. The Balaban J connectivity index is 0.00000320. The minimum absolute atomic E-state index is 0. The van der Waals surface area contributed by atoms with Crippen molar-refractivity contribution in [3.05, 3.63) is 64.2 Å². The van der Waals surface area contributed by atoms with Crippen LogP contribution in [0.2, 0.25) is 0 Å². The Morgan fingerprint density at radius 2 is 1.70 bits per heavy atom. The van der Waals surface area contributed by atoms with Gasteiger partial charge >= 0.3 is 0 Å². The second-order valence-corrected chi connectivity index (χ2v) is 8.20. The molecular weight excluding hydrogens is 400 g/mol. The highest BCUT2D eigenvalue weighted by Crippen LogP contribution is 2.27. The van der Waals surface area contributed by atoms with Crippen LogP contribution in [0.15, 0.2) is 36.4 Å². The molecule has 1 fully saturated rings. The van der Waals surface area contributed by atoms with Gasteiger partial charge in [0.2, 0.25) is 5.91 Å². The molecule has 0 atom stereocenters. The molecule has 6 heteroatoms. The maximum atomic E-state index is 12.9. The molecule has 30 heavy (non-hydrogen) atoms. The molecule has 1 heterocycles. The molecule has 2 aromatic carbocycles. The van der Waals surface area contributed by atoms with Gasteiger partial charge < -0.3 is 20.1 Å². The van der Waals surface area contributed by atoms with Crippen LogP contribution >= 0.6 is 12.4 Å². The number of carbonyl (C=O) groups excluding carboxylic acids is 1. The molecule has 0 aromatic heterocycles. The van der Waals surface area contributed by atoms with Gasteiger partial charge in [-0.3, -0.25) is 4.79 Å². The van der Waals surface area contributed by atoms with Crippen LogP contribution in [-0.4, -0.2) is 36.6 Å². The summed E-state index contributed by atoms with van der Waals surface area (Å²) in [6.45, 7) is 8.35. The monoisotopic (exact) mass is 432 g/mol. The maximum absolute atomic E-state index is 12.9. The first kappa shape index (κ1) is 24.2. The van der Waals surface area contributed by atoms with Crippen molar-refractivity contribution < 1.29 is 14.3 Å². The van der Waals surface area contributed by atoms with Gasteiger partial charge in [-0.15, -0.1) is 12.4 Å². The number of hydrogen-bond donors (Lipinski definition) is 1. The molecule has 1 saturated heterocycles. The number of aryl methyl sites for hydroxylation is 3. The SMILES string of the molecule is Cc1ccccc1COc1c(C)cc(CN(C)C(=O)C2(N)CCOCC2)cc1C.Cl. The first-order valence-electron chi connectivity index (χ1n) is 10.2. The van der Waals surface area contributed by atoms with Crippen LogP contribution in [0.4, 0.5) is 0 Å². The van der Waals surface area contributed by atoms with E-state index in [4.69, 9.17) is 15.2 Å². The Hall–Kier alpha value is -2.08. The van der Waals surface area contributed by atoms with E-state index in [1.165, 1.54) is 11.1 Å². The lowest BCUT2D eigenvalue weighted by Crippen LogP contribution is -2.57. The number of rotatable bonds is 6. The molecule has 1 aliphatic heterocycles. The van der Waals surface area contributed by atoms with Crippen molar-refractivity contribution in [3.63, 3.8) is 0 Å². The second kappa shape index (κ2) is 10.3. The predicted octanol–water partition coefficient (Wildman–Crippen LogP) is 4.08. The topological polar surface area (TPSA) is 64.8 Å². The molecule has 5 nitrogen and oxygen atoms in total. The minimum atomic E-state index is -0.812. The van der Waals surface area contributed by atoms with Crippen molar-refractivity contribution in [2.24, 2.45) is 5.73 Å². The van der Waals surface area contributed by atoms with E-state index in [1.54, 1.807) is 4.90 Å². The molecule has 0 spiro atoms. The van der Waals surface area contributed by atoms with Crippen molar-refractivity contribution in [1.29, 1.82) is 0 Å². The Bertz CT molecular complexity index is 855. The highest BCUT2D eigenvalue weighted by Gasteiger charge is 2.37. The molecule has 164 valence electrons. The van der Waals surface area contributed by atoms with E-state index in [9.17, 15) is 4.79 Å². The van der Waals surface area contributed by atoms with E-state index in [1.807, 2.05) is 19.2 Å². The van der Waals surface area contributed by atoms with E-state index >= 15 is 0 Å². The molecule has 0 saturated carbocycles. The second-order valence-electron chi connectivity index (χ2n) is 8.20. The van der Waals surface area contributed by atoms with Gasteiger partial charge in [0.15, 0.2) is 0 Å². The lowest BCUT2D eigenvalue weighted by Gasteiger charge is -2.35. The number of ether oxygens (including phenoxy) is 2. The quantitative estimate of drug-likeness (QED) is 0.746. The average molecular weight is 433 g/mol. The summed E-state index contributed by atoms with van der Waals surface area (Å²) in [6.07, 6.45) is 1.14. The summed E-state index contributed by atoms with van der Waals surface area (Å²) in [4.78, 5) is 14.6. The van der Waals surface area contributed by atoms with Gasteiger partial charge in [-0.2, -0.15) is 0 Å². The van der Waals surface area contributed by atoms with Gasteiger partial charge in [-0.1, -0.05) is 36.4 Å². The van der Waals surface area contributed by atoms with Crippen LogP contribution in [-0.2, 0) is 22.7 Å². The van der Waals surface area contributed by atoms with Gasteiger partial charge in [0.25, 0.3) is 0 Å². The van der Waals surface area contributed by atoms with Crippen molar-refractivity contribution in [2.75, 3.05) is 20.3 Å². The third kappa shape index (κ3) is 5.54. The summed E-state index contributed by atoms with van der Waals surface area (Å²) in [5.41, 5.74) is 11.2.